The van der Waals surface area contributed by atoms with Gasteiger partial charge in [-0.15, -0.1) is 0 Å². The molecule has 1 amide bonds. The summed E-state index contributed by atoms with van der Waals surface area (Å²) >= 11 is 5.95. The Bertz CT molecular complexity index is 1410. The van der Waals surface area contributed by atoms with Crippen molar-refractivity contribution in [1.82, 2.24) is 9.80 Å². The third-order valence-electron chi connectivity index (χ3n) is 6.73. The monoisotopic (exact) mass is 577 g/mol. The molecule has 0 bridgehead atoms. The molecule has 3 aromatic rings. The van der Waals surface area contributed by atoms with Crippen LogP contribution in [0.3, 0.4) is 0 Å². The Morgan fingerprint density at radius 2 is 1.69 bits per heavy atom. The average Bonchev–Trinajstić information content (AvgIpc) is 2.91. The number of carbonyl (C=O) groups excluding carboxylic acids is 1. The predicted molar refractivity (Wildman–Crippen MR) is 146 cm³/mol. The normalized spacial score (nSPS) is 15.2. The first-order chi connectivity index (χ1) is 18.6. The molecular weight excluding hydrogens is 548 g/mol. The number of carbonyl (C=O) groups is 1. The number of halogens is 3. The van der Waals surface area contributed by atoms with Gasteiger partial charge in [0.05, 0.1) is 23.2 Å². The maximum absolute atomic E-state index is 15.0. The first-order valence-electron chi connectivity index (χ1n) is 12.5. The van der Waals surface area contributed by atoms with Gasteiger partial charge >= 0.3 is 6.09 Å². The lowest BCUT2D eigenvalue weighted by Gasteiger charge is -2.32. The molecule has 0 radical (unpaired) electrons. The fourth-order valence-electron chi connectivity index (χ4n) is 4.55. The van der Waals surface area contributed by atoms with Crippen LogP contribution in [0.15, 0.2) is 71.6 Å². The van der Waals surface area contributed by atoms with Gasteiger partial charge in [0.1, 0.15) is 11.6 Å². The lowest BCUT2D eigenvalue weighted by atomic mass is 9.99. The summed E-state index contributed by atoms with van der Waals surface area (Å²) < 4.78 is 63.4. The molecule has 0 unspecified atom stereocenters. The molecule has 0 aromatic heterocycles. The number of ether oxygens (including phenoxy) is 1. The highest BCUT2D eigenvalue weighted by Gasteiger charge is 2.33. The van der Waals surface area contributed by atoms with Crippen LogP contribution >= 0.6 is 11.6 Å². The van der Waals surface area contributed by atoms with Crippen molar-refractivity contribution >= 4 is 33.4 Å². The number of sulfonamides is 1. The molecule has 1 atom stereocenters. The molecule has 1 aliphatic rings. The van der Waals surface area contributed by atoms with E-state index in [1.165, 1.54) is 24.3 Å². The van der Waals surface area contributed by atoms with Crippen LogP contribution in [-0.4, -0.2) is 64.1 Å². The van der Waals surface area contributed by atoms with Gasteiger partial charge in [-0.25, -0.2) is 22.0 Å². The largest absolute Gasteiger partial charge is 0.449 e. The first kappa shape index (κ1) is 28.8. The van der Waals surface area contributed by atoms with Crippen molar-refractivity contribution in [2.45, 2.75) is 24.3 Å². The molecular formula is C28H30ClF2N3O4S. The van der Waals surface area contributed by atoms with Crippen molar-refractivity contribution in [3.05, 3.63) is 94.5 Å². The molecule has 4 rings (SSSR count). The van der Waals surface area contributed by atoms with Crippen molar-refractivity contribution in [2.24, 2.45) is 0 Å². The van der Waals surface area contributed by atoms with Crippen LogP contribution in [0.2, 0.25) is 5.02 Å². The zero-order valence-corrected chi connectivity index (χ0v) is 23.3. The second-order valence-corrected chi connectivity index (χ2v) is 11.6. The van der Waals surface area contributed by atoms with E-state index < -0.39 is 39.5 Å². The van der Waals surface area contributed by atoms with Crippen molar-refractivity contribution < 1.29 is 26.7 Å². The van der Waals surface area contributed by atoms with E-state index >= 15 is 4.39 Å². The molecule has 1 saturated heterocycles. The quantitative estimate of drug-likeness (QED) is 0.353. The second kappa shape index (κ2) is 12.3. The number of piperazine rings is 1. The fourth-order valence-corrected chi connectivity index (χ4v) is 6.31. The lowest BCUT2D eigenvalue weighted by molar-refractivity contribution is 0.0826. The molecule has 0 N–H and O–H groups in total. The number of hydrogen-bond acceptors (Lipinski definition) is 5. The Labute approximate surface area is 232 Å². The third kappa shape index (κ3) is 6.69. The van der Waals surface area contributed by atoms with Gasteiger partial charge in [-0.1, -0.05) is 35.9 Å². The minimum absolute atomic E-state index is 0.0766. The summed E-state index contributed by atoms with van der Waals surface area (Å²) in [6.07, 6.45) is -0.0945. The van der Waals surface area contributed by atoms with Gasteiger partial charge in [0.2, 0.25) is 0 Å². The van der Waals surface area contributed by atoms with E-state index in [-0.39, 0.29) is 11.5 Å². The number of rotatable bonds is 8. The Morgan fingerprint density at radius 1 is 1.03 bits per heavy atom. The van der Waals surface area contributed by atoms with Gasteiger partial charge in [0.15, 0.2) is 0 Å². The molecule has 208 valence electrons. The number of nitrogens with zero attached hydrogens (tertiary/aromatic N) is 3. The number of anilines is 1. The third-order valence-corrected chi connectivity index (χ3v) is 8.88. The number of benzene rings is 3. The van der Waals surface area contributed by atoms with Crippen LogP contribution in [-0.2, 0) is 21.2 Å². The van der Waals surface area contributed by atoms with Crippen molar-refractivity contribution in [2.75, 3.05) is 44.1 Å². The topological polar surface area (TPSA) is 70.2 Å². The molecule has 0 spiro atoms. The molecule has 0 aliphatic carbocycles. The lowest BCUT2D eigenvalue weighted by Crippen LogP contribution is -2.47. The number of amides is 1. The highest BCUT2D eigenvalue weighted by Crippen LogP contribution is 2.36. The van der Waals surface area contributed by atoms with Crippen molar-refractivity contribution in [3.8, 4) is 0 Å². The van der Waals surface area contributed by atoms with Crippen molar-refractivity contribution in [1.29, 1.82) is 0 Å². The van der Waals surface area contributed by atoms with Gasteiger partial charge in [-0.05, 0) is 61.5 Å². The zero-order valence-electron chi connectivity index (χ0n) is 21.7. The molecule has 3 aromatic carbocycles. The summed E-state index contributed by atoms with van der Waals surface area (Å²) in [7, 11) is -2.36. The smallest absolute Gasteiger partial charge is 0.409 e. The van der Waals surface area contributed by atoms with E-state index in [2.05, 4.69) is 4.90 Å². The van der Waals surface area contributed by atoms with Crippen LogP contribution in [0.4, 0.5) is 19.3 Å². The highest BCUT2D eigenvalue weighted by molar-refractivity contribution is 7.92. The van der Waals surface area contributed by atoms with Gasteiger partial charge in [0, 0.05) is 43.7 Å². The predicted octanol–water partition coefficient (Wildman–Crippen LogP) is 5.50. The maximum atomic E-state index is 15.0. The molecule has 11 heteroatoms. The molecule has 7 nitrogen and oxygen atoms in total. The Balaban J connectivity index is 1.63. The molecule has 1 heterocycles. The Morgan fingerprint density at radius 3 is 2.38 bits per heavy atom. The van der Waals surface area contributed by atoms with E-state index in [1.54, 1.807) is 36.1 Å². The Kier molecular flexibility index (Phi) is 9.09. The summed E-state index contributed by atoms with van der Waals surface area (Å²) in [5.41, 5.74) is 0.854. The fraction of sp³-hybridized carbons (Fsp3) is 0.321. The highest BCUT2D eigenvalue weighted by atomic mass is 35.5. The van der Waals surface area contributed by atoms with Crippen LogP contribution < -0.4 is 4.31 Å². The van der Waals surface area contributed by atoms with Gasteiger partial charge in [-0.2, -0.15) is 0 Å². The van der Waals surface area contributed by atoms with E-state index in [0.29, 0.717) is 35.7 Å². The van der Waals surface area contributed by atoms with Gasteiger partial charge in [-0.3, -0.25) is 4.31 Å². The van der Waals surface area contributed by atoms with Crippen LogP contribution in [0.1, 0.15) is 24.1 Å². The Hall–Kier alpha value is -3.21. The summed E-state index contributed by atoms with van der Waals surface area (Å²) in [5, 5.41) is 0.335. The van der Waals surface area contributed by atoms with E-state index in [9.17, 15) is 17.6 Å². The summed E-state index contributed by atoms with van der Waals surface area (Å²) in [4.78, 5) is 16.2. The molecule has 0 saturated carbocycles. The maximum Gasteiger partial charge on any atom is 0.409 e. The van der Waals surface area contributed by atoms with E-state index in [1.807, 2.05) is 7.05 Å². The van der Waals surface area contributed by atoms with Crippen LogP contribution in [0.25, 0.3) is 0 Å². The first-order valence-corrected chi connectivity index (χ1v) is 14.3. The minimum Gasteiger partial charge on any atom is -0.449 e. The number of hydrogen-bond donors (Lipinski definition) is 0. The summed E-state index contributed by atoms with van der Waals surface area (Å²) in [6, 6.07) is 14.3. The molecule has 39 heavy (non-hydrogen) atoms. The van der Waals surface area contributed by atoms with Crippen LogP contribution in [0, 0.1) is 11.6 Å². The molecule has 1 aliphatic heterocycles. The average molecular weight is 578 g/mol. The summed E-state index contributed by atoms with van der Waals surface area (Å²) in [6.45, 7) is 4.38. The standard InChI is InChI=1S/C28H30ClF2N3O4S/c1-20(25-6-4-3-5-21(25)13-18-38-28(35)33-16-14-32(2)15-17-33)34(27-19-23(30)9-12-26(27)31)39(36,37)24-10-7-22(29)8-11-24/h3-12,19-20H,13-18H2,1-2H3/t20-/m1/s1. The SMILES string of the molecule is C[C@H](c1ccccc1CCOC(=O)N1CCN(C)CC1)N(c1cc(F)ccc1F)S(=O)(=O)c1ccc(Cl)cc1. The van der Waals surface area contributed by atoms with E-state index in [0.717, 1.165) is 35.6 Å². The summed E-state index contributed by atoms with van der Waals surface area (Å²) in [5.74, 6) is -1.67. The van der Waals surface area contributed by atoms with Crippen molar-refractivity contribution in [3.63, 3.8) is 0 Å². The zero-order chi connectivity index (χ0) is 28.2. The number of likely N-dealkylation sites (N-methyl/N-ethyl adjacent to an activating group) is 1. The van der Waals surface area contributed by atoms with Gasteiger partial charge < -0.3 is 14.5 Å². The van der Waals surface area contributed by atoms with Crippen LogP contribution in [0.5, 0.6) is 0 Å². The van der Waals surface area contributed by atoms with Gasteiger partial charge in [0.25, 0.3) is 10.0 Å². The molecule has 1 fully saturated rings. The second-order valence-electron chi connectivity index (χ2n) is 9.38. The van der Waals surface area contributed by atoms with E-state index in [4.69, 9.17) is 16.3 Å². The minimum atomic E-state index is -4.36.